The van der Waals surface area contributed by atoms with E-state index in [0.717, 1.165) is 62.4 Å². The molecule has 10 nitrogen and oxygen atoms in total. The van der Waals surface area contributed by atoms with Crippen LogP contribution in [0.2, 0.25) is 0 Å². The van der Waals surface area contributed by atoms with E-state index < -0.39 is 17.5 Å². The molecule has 2 bridgehead atoms. The number of phenols is 1. The summed E-state index contributed by atoms with van der Waals surface area (Å²) in [4.78, 5) is 31.8. The standard InChI is InChI=1S/C43H50F2N6O4/c1-5-32-34(45)8-7-27-16-31(52)17-36(39(27)32)48-12-9-33-35(23-48)46-41(47-40(33)49-22-29-15-26(3)37(24-49)51(29)38(53)6-2)55-25-42(4)18-28(44)21-50(42)30-19-43(20-30)10-13-54-14-11-43/h1,6-8,16-17,26,28-30,37,52H,2,9-15,18-25H2,3-4H3/t26?,28-,29-,37-,42+/m1/s1. The number of hydrogen-bond donors (Lipinski definition) is 1. The van der Waals surface area contributed by atoms with Gasteiger partial charge >= 0.3 is 6.01 Å². The van der Waals surface area contributed by atoms with Crippen LogP contribution in [0.3, 0.4) is 0 Å². The molecule has 4 saturated heterocycles. The van der Waals surface area contributed by atoms with Gasteiger partial charge < -0.3 is 29.3 Å². The second-order valence-electron chi connectivity index (χ2n) is 17.3. The summed E-state index contributed by atoms with van der Waals surface area (Å²) in [6, 6.07) is 6.77. The maximum atomic E-state index is 15.3. The van der Waals surface area contributed by atoms with Gasteiger partial charge in [0.2, 0.25) is 5.91 Å². The van der Waals surface area contributed by atoms with Gasteiger partial charge in [0.05, 0.1) is 35.4 Å². The third kappa shape index (κ3) is 6.18. The average molecular weight is 753 g/mol. The molecular weight excluding hydrogens is 703 g/mol. The molecule has 55 heavy (non-hydrogen) atoms. The van der Waals surface area contributed by atoms with E-state index in [9.17, 15) is 9.90 Å². The van der Waals surface area contributed by atoms with Gasteiger partial charge in [-0.25, -0.2) is 8.78 Å². The quantitative estimate of drug-likeness (QED) is 0.239. The number of alkyl halides is 1. The number of fused-ring (bicyclic) bond motifs is 4. The van der Waals surface area contributed by atoms with Crippen molar-refractivity contribution in [2.24, 2.45) is 11.3 Å². The Morgan fingerprint density at radius 1 is 1.15 bits per heavy atom. The van der Waals surface area contributed by atoms with Gasteiger partial charge in [-0.2, -0.15) is 9.97 Å². The lowest BCUT2D eigenvalue weighted by Crippen LogP contribution is -2.59. The van der Waals surface area contributed by atoms with E-state index in [2.05, 4.69) is 41.0 Å². The van der Waals surface area contributed by atoms with Crippen molar-refractivity contribution in [1.29, 1.82) is 0 Å². The van der Waals surface area contributed by atoms with Crippen LogP contribution < -0.4 is 14.5 Å². The number of aromatic hydroxyl groups is 1. The summed E-state index contributed by atoms with van der Waals surface area (Å²) in [7, 11) is 0. The minimum Gasteiger partial charge on any atom is -0.508 e. The number of halogens is 2. The van der Waals surface area contributed by atoms with Crippen LogP contribution in [-0.4, -0.2) is 107 Å². The second kappa shape index (κ2) is 13.6. The van der Waals surface area contributed by atoms with E-state index in [0.29, 0.717) is 79.4 Å². The summed E-state index contributed by atoms with van der Waals surface area (Å²) < 4.78 is 42.6. The minimum absolute atomic E-state index is 0.0176. The molecule has 1 unspecified atom stereocenters. The molecule has 9 rings (SSSR count). The molecule has 1 spiro atoms. The summed E-state index contributed by atoms with van der Waals surface area (Å²) in [5.41, 5.74) is 2.34. The van der Waals surface area contributed by atoms with Crippen molar-refractivity contribution in [1.82, 2.24) is 19.8 Å². The Balaban J connectivity index is 1.04. The first kappa shape index (κ1) is 36.2. The van der Waals surface area contributed by atoms with E-state index in [1.807, 2.05) is 4.90 Å². The monoisotopic (exact) mass is 752 g/mol. The van der Waals surface area contributed by atoms with E-state index in [1.54, 1.807) is 18.2 Å². The normalized spacial score (nSPS) is 29.0. The Labute approximate surface area is 321 Å². The molecule has 5 aliphatic heterocycles. The molecule has 5 atom stereocenters. The van der Waals surface area contributed by atoms with Gasteiger partial charge in [0.25, 0.3) is 0 Å². The molecule has 5 fully saturated rings. The van der Waals surface area contributed by atoms with Gasteiger partial charge in [-0.3, -0.25) is 9.69 Å². The van der Waals surface area contributed by atoms with Crippen LogP contribution >= 0.6 is 0 Å². The van der Waals surface area contributed by atoms with E-state index in [1.165, 1.54) is 12.1 Å². The number of hydrogen-bond acceptors (Lipinski definition) is 9. The van der Waals surface area contributed by atoms with Crippen LogP contribution in [0, 0.1) is 29.5 Å². The molecule has 2 aromatic carbocycles. The fourth-order valence-corrected chi connectivity index (χ4v) is 11.0. The molecule has 1 amide bonds. The van der Waals surface area contributed by atoms with E-state index in [-0.39, 0.29) is 41.9 Å². The number of phenolic OH excluding ortho intramolecular Hbond substituents is 1. The smallest absolute Gasteiger partial charge is 0.318 e. The van der Waals surface area contributed by atoms with Gasteiger partial charge in [0.15, 0.2) is 0 Å². The highest BCUT2D eigenvalue weighted by molar-refractivity contribution is 6.00. The molecule has 6 aliphatic rings. The number of carbonyl (C=O) groups is 1. The molecule has 6 heterocycles. The zero-order valence-corrected chi connectivity index (χ0v) is 31.8. The average Bonchev–Trinajstić information content (AvgIpc) is 3.58. The number of piperazine rings is 1. The van der Waals surface area contributed by atoms with Crippen LogP contribution in [0.5, 0.6) is 11.8 Å². The number of amides is 1. The summed E-state index contributed by atoms with van der Waals surface area (Å²) in [6.45, 7) is 12.5. The van der Waals surface area contributed by atoms with Gasteiger partial charge in [-0.05, 0) is 80.4 Å². The van der Waals surface area contributed by atoms with Gasteiger partial charge in [-0.1, -0.05) is 25.5 Å². The van der Waals surface area contributed by atoms with Crippen LogP contribution in [-0.2, 0) is 22.5 Å². The molecule has 1 aliphatic carbocycles. The molecular formula is C43H50F2N6O4. The Morgan fingerprint density at radius 3 is 2.69 bits per heavy atom. The minimum atomic E-state index is -0.935. The van der Waals surface area contributed by atoms with Crippen molar-refractivity contribution in [3.8, 4) is 24.1 Å². The lowest BCUT2D eigenvalue weighted by atomic mass is 9.60. The highest BCUT2D eigenvalue weighted by Gasteiger charge is 2.54. The highest BCUT2D eigenvalue weighted by atomic mass is 19.1. The van der Waals surface area contributed by atoms with Crippen LogP contribution in [0.1, 0.15) is 69.2 Å². The third-order valence-electron chi connectivity index (χ3n) is 13.8. The van der Waals surface area contributed by atoms with E-state index >= 15 is 8.78 Å². The second-order valence-corrected chi connectivity index (χ2v) is 17.3. The molecule has 3 aromatic rings. The number of likely N-dealkylation sites (tertiary alicyclic amines) is 1. The first-order valence-corrected chi connectivity index (χ1v) is 19.9. The number of ether oxygens (including phenoxy) is 2. The SMILES string of the molecule is C#Cc1c(F)ccc2cc(O)cc(N3CCc4c(nc(OC[C@]5(C)C[C@@H](F)CN5C5CC6(CCOCC6)C5)nc4N4C[C@H]5CC(C)[C@@H](C4)N5C(=O)C=C)C3)c12. The number of benzene rings is 2. The summed E-state index contributed by atoms with van der Waals surface area (Å²) >= 11 is 0. The number of anilines is 2. The van der Waals surface area contributed by atoms with Crippen molar-refractivity contribution < 1.29 is 28.2 Å². The molecule has 1 aromatic heterocycles. The maximum Gasteiger partial charge on any atom is 0.318 e. The fraction of sp³-hybridized carbons (Fsp3) is 0.558. The zero-order valence-electron chi connectivity index (χ0n) is 31.8. The molecule has 12 heteroatoms. The van der Waals surface area contributed by atoms with Gasteiger partial charge in [0.1, 0.15) is 30.2 Å². The lowest BCUT2D eigenvalue weighted by Gasteiger charge is -2.55. The Kier molecular flexibility index (Phi) is 8.96. The first-order valence-electron chi connectivity index (χ1n) is 19.9. The van der Waals surface area contributed by atoms with Gasteiger partial charge in [-0.15, -0.1) is 6.42 Å². The topological polar surface area (TPSA) is 94.5 Å². The van der Waals surface area contributed by atoms with Crippen LogP contribution in [0.15, 0.2) is 36.9 Å². The fourth-order valence-electron chi connectivity index (χ4n) is 11.0. The third-order valence-corrected chi connectivity index (χ3v) is 13.8. The number of terminal acetylenes is 1. The largest absolute Gasteiger partial charge is 0.508 e. The number of nitrogens with zero attached hydrogens (tertiary/aromatic N) is 6. The van der Waals surface area contributed by atoms with Crippen LogP contribution in [0.25, 0.3) is 10.8 Å². The van der Waals surface area contributed by atoms with E-state index in [4.69, 9.17) is 25.9 Å². The predicted octanol–water partition coefficient (Wildman–Crippen LogP) is 5.77. The molecule has 290 valence electrons. The number of aromatic nitrogens is 2. The highest BCUT2D eigenvalue weighted by Crippen LogP contribution is 2.53. The lowest BCUT2D eigenvalue weighted by molar-refractivity contribution is -0.129. The molecule has 1 N–H and O–H groups in total. The first-order chi connectivity index (χ1) is 26.5. The Morgan fingerprint density at radius 2 is 1.95 bits per heavy atom. The van der Waals surface area contributed by atoms with Crippen molar-refractivity contribution in [2.45, 2.75) is 95.2 Å². The summed E-state index contributed by atoms with van der Waals surface area (Å²) in [6.07, 6.45) is 12.4. The zero-order chi connectivity index (χ0) is 38.2. The Hall–Kier alpha value is -4.47. The maximum absolute atomic E-state index is 15.3. The molecule has 0 radical (unpaired) electrons. The van der Waals surface area contributed by atoms with Crippen molar-refractivity contribution in [3.05, 3.63) is 59.6 Å². The van der Waals surface area contributed by atoms with Crippen molar-refractivity contribution in [2.75, 3.05) is 55.8 Å². The number of carbonyl (C=O) groups excluding carboxylic acids is 1. The summed E-state index contributed by atoms with van der Waals surface area (Å²) in [5.74, 6) is 3.17. The van der Waals surface area contributed by atoms with Crippen molar-refractivity contribution >= 4 is 28.2 Å². The predicted molar refractivity (Wildman–Crippen MR) is 207 cm³/mol. The molecule has 1 saturated carbocycles. The van der Waals surface area contributed by atoms with Crippen LogP contribution in [0.4, 0.5) is 20.3 Å². The number of rotatable bonds is 7. The summed E-state index contributed by atoms with van der Waals surface area (Å²) in [5, 5.41) is 12.0. The van der Waals surface area contributed by atoms with Gasteiger partial charge in [0, 0.05) is 74.6 Å². The Bertz CT molecular complexity index is 2080. The van der Waals surface area contributed by atoms with Crippen molar-refractivity contribution in [3.63, 3.8) is 0 Å².